The van der Waals surface area contributed by atoms with Crippen molar-refractivity contribution in [2.75, 3.05) is 13.7 Å². The van der Waals surface area contributed by atoms with Gasteiger partial charge in [0, 0.05) is 18.0 Å². The Kier molecular flexibility index (Phi) is 5.64. The van der Waals surface area contributed by atoms with E-state index in [2.05, 4.69) is 28.3 Å². The van der Waals surface area contributed by atoms with Crippen LogP contribution in [0.1, 0.15) is 45.4 Å². The van der Waals surface area contributed by atoms with Gasteiger partial charge < -0.3 is 14.2 Å². The van der Waals surface area contributed by atoms with Gasteiger partial charge in [0.15, 0.2) is 12.5 Å². The molecule has 27 heavy (non-hydrogen) atoms. The number of quaternary nitrogens is 1. The van der Waals surface area contributed by atoms with Crippen molar-refractivity contribution in [2.24, 2.45) is 5.92 Å². The van der Waals surface area contributed by atoms with Gasteiger partial charge in [-0.1, -0.05) is 6.42 Å². The number of rotatable bonds is 5. The lowest BCUT2D eigenvalue weighted by Gasteiger charge is -2.40. The van der Waals surface area contributed by atoms with Crippen molar-refractivity contribution in [3.63, 3.8) is 0 Å². The van der Waals surface area contributed by atoms with Crippen molar-refractivity contribution in [3.05, 3.63) is 29.0 Å². The molecule has 0 spiro atoms. The van der Waals surface area contributed by atoms with E-state index >= 15 is 0 Å². The fourth-order valence-corrected chi connectivity index (χ4v) is 5.36. The third-order valence-corrected chi connectivity index (χ3v) is 6.88. The number of piperidine rings is 1. The fraction of sp³-hybridized carbons (Fsp3) is 0.619. The number of hydrogen-bond acceptors (Lipinski definition) is 3. The normalized spacial score (nSPS) is 25.2. The largest absolute Gasteiger partial charge is 0.497 e. The van der Waals surface area contributed by atoms with Crippen LogP contribution in [0.5, 0.6) is 5.75 Å². The number of likely N-dealkylation sites (tertiary alicyclic amines) is 1. The highest BCUT2D eigenvalue weighted by atomic mass is 32.1. The van der Waals surface area contributed by atoms with Gasteiger partial charge in [-0.05, 0) is 75.5 Å². The molecule has 1 aliphatic carbocycles. The molecule has 1 N–H and O–H groups in total. The minimum Gasteiger partial charge on any atom is -0.497 e. The van der Waals surface area contributed by atoms with Crippen molar-refractivity contribution in [3.8, 4) is 17.1 Å². The molecule has 1 aromatic heterocycles. The first-order chi connectivity index (χ1) is 13.2. The van der Waals surface area contributed by atoms with Crippen molar-refractivity contribution >= 4 is 12.2 Å². The molecule has 1 unspecified atom stereocenters. The minimum atomic E-state index is 0.797. The van der Waals surface area contributed by atoms with Crippen LogP contribution in [0.3, 0.4) is 0 Å². The van der Waals surface area contributed by atoms with Crippen molar-refractivity contribution in [2.45, 2.75) is 64.7 Å². The smallest absolute Gasteiger partial charge is 0.203 e. The predicted octanol–water partition coefficient (Wildman–Crippen LogP) is 3.30. The monoisotopic (exact) mass is 387 g/mol. The first kappa shape index (κ1) is 18.7. The SMILES string of the molecule is CCn1c(-c2ccc(OC)cc2)nn(C[NH+]2CCC[C@@H]3CCCC[C@@H]32)c1=S. The van der Waals surface area contributed by atoms with Crippen LogP contribution in [-0.4, -0.2) is 34.0 Å². The average Bonchev–Trinajstić information content (AvgIpc) is 3.03. The lowest BCUT2D eigenvalue weighted by molar-refractivity contribution is -0.958. The summed E-state index contributed by atoms with van der Waals surface area (Å²) in [5, 5.41) is 4.95. The molecule has 1 aliphatic heterocycles. The molecule has 1 saturated carbocycles. The van der Waals surface area contributed by atoms with Gasteiger partial charge in [-0.15, -0.1) is 5.10 Å². The highest BCUT2D eigenvalue weighted by molar-refractivity contribution is 7.71. The van der Waals surface area contributed by atoms with E-state index in [0.717, 1.165) is 47.1 Å². The number of nitrogens with zero attached hydrogens (tertiary/aromatic N) is 3. The summed E-state index contributed by atoms with van der Waals surface area (Å²) in [6, 6.07) is 8.90. The van der Waals surface area contributed by atoms with Gasteiger partial charge in [0.05, 0.1) is 19.7 Å². The van der Waals surface area contributed by atoms with Crippen LogP contribution in [0.25, 0.3) is 11.4 Å². The molecule has 6 heteroatoms. The molecule has 146 valence electrons. The van der Waals surface area contributed by atoms with E-state index in [9.17, 15) is 0 Å². The standard InChI is InChI=1S/C21H30N4OS/c1-3-24-20(17-10-12-18(26-2)13-11-17)22-25(21(24)27)15-23-14-6-8-16-7-4-5-9-19(16)23/h10-13,16,19H,3-9,14-15H2,1-2H3/p+1/t16-,19-/m0/s1. The zero-order valence-electron chi connectivity index (χ0n) is 16.5. The molecule has 0 radical (unpaired) electrons. The molecule has 5 nitrogen and oxygen atoms in total. The molecule has 0 amide bonds. The van der Waals surface area contributed by atoms with Gasteiger partial charge >= 0.3 is 0 Å². The van der Waals surface area contributed by atoms with Crippen molar-refractivity contribution < 1.29 is 9.64 Å². The molecule has 2 aliphatic rings. The molecular formula is C21H31N4OS+. The molecule has 2 fully saturated rings. The molecule has 0 bridgehead atoms. The lowest BCUT2D eigenvalue weighted by atomic mass is 9.78. The number of ether oxygens (including phenoxy) is 1. The third kappa shape index (κ3) is 3.69. The predicted molar refractivity (Wildman–Crippen MR) is 110 cm³/mol. The topological polar surface area (TPSA) is 36.4 Å². The van der Waals surface area contributed by atoms with Crippen molar-refractivity contribution in [1.82, 2.24) is 14.3 Å². The number of benzene rings is 1. The maximum atomic E-state index is 5.80. The zero-order valence-corrected chi connectivity index (χ0v) is 17.3. The van der Waals surface area contributed by atoms with E-state index in [1.54, 1.807) is 12.0 Å². The summed E-state index contributed by atoms with van der Waals surface area (Å²) >= 11 is 5.80. The van der Waals surface area contributed by atoms with Gasteiger partial charge in [-0.3, -0.25) is 0 Å². The Morgan fingerprint density at radius 1 is 1.15 bits per heavy atom. The average molecular weight is 388 g/mol. The van der Waals surface area contributed by atoms with Crippen LogP contribution in [-0.2, 0) is 13.2 Å². The van der Waals surface area contributed by atoms with E-state index in [-0.39, 0.29) is 0 Å². The molecular weight excluding hydrogens is 356 g/mol. The molecule has 2 aromatic rings. The number of nitrogens with one attached hydrogen (secondary N) is 1. The van der Waals surface area contributed by atoms with Gasteiger partial charge in [-0.25, -0.2) is 0 Å². The molecule has 4 rings (SSSR count). The quantitative estimate of drug-likeness (QED) is 0.800. The summed E-state index contributed by atoms with van der Waals surface area (Å²) in [7, 11) is 1.69. The second-order valence-corrected chi connectivity index (χ2v) is 8.30. The Labute approximate surface area is 166 Å². The summed E-state index contributed by atoms with van der Waals surface area (Å²) < 4.78 is 10.4. The van der Waals surface area contributed by atoms with Crippen LogP contribution in [0.15, 0.2) is 24.3 Å². The lowest BCUT2D eigenvalue weighted by Crippen LogP contribution is -3.17. The summed E-state index contributed by atoms with van der Waals surface area (Å²) in [6.07, 6.45) is 8.34. The Morgan fingerprint density at radius 3 is 2.63 bits per heavy atom. The Hall–Kier alpha value is -1.66. The van der Waals surface area contributed by atoms with Gasteiger partial charge in [-0.2, -0.15) is 4.68 Å². The second-order valence-electron chi connectivity index (χ2n) is 7.94. The van der Waals surface area contributed by atoms with E-state index < -0.39 is 0 Å². The van der Waals surface area contributed by atoms with Gasteiger partial charge in [0.25, 0.3) is 0 Å². The zero-order chi connectivity index (χ0) is 18.8. The second kappa shape index (κ2) is 8.15. The minimum absolute atomic E-state index is 0.797. The maximum Gasteiger partial charge on any atom is 0.203 e. The van der Waals surface area contributed by atoms with Crippen LogP contribution < -0.4 is 9.64 Å². The first-order valence-corrected chi connectivity index (χ1v) is 10.8. The van der Waals surface area contributed by atoms with Crippen LogP contribution in [0.2, 0.25) is 0 Å². The van der Waals surface area contributed by atoms with Crippen LogP contribution in [0.4, 0.5) is 0 Å². The highest BCUT2D eigenvalue weighted by Crippen LogP contribution is 2.28. The third-order valence-electron chi connectivity index (χ3n) is 6.45. The van der Waals surface area contributed by atoms with E-state index in [1.807, 2.05) is 12.1 Å². The summed E-state index contributed by atoms with van der Waals surface area (Å²) in [5.41, 5.74) is 1.09. The Morgan fingerprint density at radius 2 is 1.89 bits per heavy atom. The molecule has 3 atom stereocenters. The highest BCUT2D eigenvalue weighted by Gasteiger charge is 2.36. The summed E-state index contributed by atoms with van der Waals surface area (Å²) in [6.45, 7) is 5.12. The maximum absolute atomic E-state index is 5.80. The number of aromatic nitrogens is 3. The van der Waals surface area contributed by atoms with E-state index in [0.29, 0.717) is 0 Å². The Bertz CT molecular complexity index is 824. The Balaban J connectivity index is 1.61. The molecule has 1 aromatic carbocycles. The summed E-state index contributed by atoms with van der Waals surface area (Å²) in [4.78, 5) is 1.68. The molecule has 1 saturated heterocycles. The van der Waals surface area contributed by atoms with Crippen LogP contribution >= 0.6 is 12.2 Å². The van der Waals surface area contributed by atoms with Gasteiger partial charge in [0.2, 0.25) is 4.77 Å². The summed E-state index contributed by atoms with van der Waals surface area (Å²) in [5.74, 6) is 2.73. The first-order valence-electron chi connectivity index (χ1n) is 10.4. The number of methoxy groups -OCH3 is 1. The number of fused-ring (bicyclic) bond motifs is 1. The van der Waals surface area contributed by atoms with E-state index in [4.69, 9.17) is 22.1 Å². The molecule has 2 heterocycles. The van der Waals surface area contributed by atoms with E-state index in [1.165, 1.54) is 45.1 Å². The fourth-order valence-electron chi connectivity index (χ4n) is 5.04. The number of hydrogen-bond donors (Lipinski definition) is 1. The van der Waals surface area contributed by atoms with Crippen molar-refractivity contribution in [1.29, 1.82) is 0 Å². The van der Waals surface area contributed by atoms with Crippen LogP contribution in [0, 0.1) is 10.7 Å². The van der Waals surface area contributed by atoms with Gasteiger partial charge in [0.1, 0.15) is 5.75 Å².